The van der Waals surface area contributed by atoms with Crippen LogP contribution in [-0.2, 0) is 22.6 Å². The summed E-state index contributed by atoms with van der Waals surface area (Å²) in [5.74, 6) is -0.0833. The summed E-state index contributed by atoms with van der Waals surface area (Å²) in [6.07, 6.45) is 4.92. The first-order valence-electron chi connectivity index (χ1n) is 14.4. The van der Waals surface area contributed by atoms with Crippen LogP contribution in [0.2, 0.25) is 0 Å². The lowest BCUT2D eigenvalue weighted by Crippen LogP contribution is -2.35. The zero-order chi connectivity index (χ0) is 30.4. The number of fused-ring (bicyclic) bond motifs is 2. The molecule has 5 aromatic rings. The minimum atomic E-state index is -0.413. The van der Waals surface area contributed by atoms with Crippen LogP contribution in [0.15, 0.2) is 48.5 Å². The van der Waals surface area contributed by atoms with Gasteiger partial charge in [-0.1, -0.05) is 6.58 Å². The third-order valence-electron chi connectivity index (χ3n) is 8.15. The molecule has 1 unspecified atom stereocenters. The summed E-state index contributed by atoms with van der Waals surface area (Å²) in [5, 5.41) is 13.8. The van der Waals surface area contributed by atoms with Gasteiger partial charge in [-0.3, -0.25) is 14.7 Å². The normalized spacial score (nSPS) is 16.5. The smallest absolute Gasteiger partial charge is 0.246 e. The van der Waals surface area contributed by atoms with Crippen molar-refractivity contribution in [3.63, 3.8) is 0 Å². The van der Waals surface area contributed by atoms with Crippen LogP contribution in [0.5, 0.6) is 5.75 Å². The van der Waals surface area contributed by atoms with Crippen LogP contribution in [-0.4, -0.2) is 56.6 Å². The number of benzene rings is 1. The van der Waals surface area contributed by atoms with Crippen molar-refractivity contribution in [2.45, 2.75) is 32.7 Å². The number of H-pyrrole nitrogens is 1. The molecule has 2 aliphatic rings. The van der Waals surface area contributed by atoms with Gasteiger partial charge in [0, 0.05) is 75.3 Å². The standard InChI is InChI=1S/C32H29FN6O3S2/c1-3-27(41)39-10-7-23-25(15-39)44-32(36-23)30-28(31-21(8-11-43-31)29(37-30)22-14-35-38-17(22)2)20-5-4-19(33)13-24(20)42-16-18-6-9-34-26(40)12-18/h3-5,8,11,13-14,18H,1,6-7,9-10,12,15-16H2,2H3,(H,34,40)(H,35,38). The van der Waals surface area contributed by atoms with Crippen LogP contribution >= 0.6 is 22.7 Å². The van der Waals surface area contributed by atoms with Crippen molar-refractivity contribution in [1.29, 1.82) is 0 Å². The Morgan fingerprint density at radius 3 is 2.93 bits per heavy atom. The predicted octanol–water partition coefficient (Wildman–Crippen LogP) is 5.90. The number of amides is 2. The molecule has 1 fully saturated rings. The van der Waals surface area contributed by atoms with Gasteiger partial charge in [0.1, 0.15) is 22.3 Å². The topological polar surface area (TPSA) is 113 Å². The predicted molar refractivity (Wildman–Crippen MR) is 169 cm³/mol. The number of hydrogen-bond donors (Lipinski definition) is 2. The third kappa shape index (κ3) is 5.17. The van der Waals surface area contributed by atoms with E-state index in [-0.39, 0.29) is 17.7 Å². The average molecular weight is 629 g/mol. The van der Waals surface area contributed by atoms with Gasteiger partial charge in [0.25, 0.3) is 0 Å². The number of carbonyl (C=O) groups is 2. The first-order chi connectivity index (χ1) is 21.4. The number of rotatable bonds is 7. The maximum atomic E-state index is 14.7. The Hall–Kier alpha value is -4.42. The number of ether oxygens (including phenoxy) is 1. The van der Waals surface area contributed by atoms with Crippen LogP contribution in [0.25, 0.3) is 43.2 Å². The monoisotopic (exact) mass is 628 g/mol. The van der Waals surface area contributed by atoms with Gasteiger partial charge in [0.05, 0.1) is 30.7 Å². The van der Waals surface area contributed by atoms with E-state index in [1.165, 1.54) is 29.5 Å². The summed E-state index contributed by atoms with van der Waals surface area (Å²) in [4.78, 5) is 37.5. The highest BCUT2D eigenvalue weighted by Crippen LogP contribution is 2.47. The second-order valence-electron chi connectivity index (χ2n) is 11.0. The fourth-order valence-electron chi connectivity index (χ4n) is 5.86. The van der Waals surface area contributed by atoms with E-state index >= 15 is 0 Å². The molecule has 1 saturated heterocycles. The fraction of sp³-hybridized carbons (Fsp3) is 0.281. The molecule has 0 spiro atoms. The molecule has 44 heavy (non-hydrogen) atoms. The summed E-state index contributed by atoms with van der Waals surface area (Å²) in [5.41, 5.74) is 5.67. The van der Waals surface area contributed by atoms with E-state index in [2.05, 4.69) is 22.1 Å². The number of pyridine rings is 1. The first-order valence-corrected chi connectivity index (χ1v) is 16.1. The zero-order valence-corrected chi connectivity index (χ0v) is 25.6. The molecule has 1 atom stereocenters. The molecular weight excluding hydrogens is 600 g/mol. The molecule has 2 amide bonds. The molecule has 6 heterocycles. The quantitative estimate of drug-likeness (QED) is 0.217. The highest BCUT2D eigenvalue weighted by Gasteiger charge is 2.29. The maximum Gasteiger partial charge on any atom is 0.246 e. The largest absolute Gasteiger partial charge is 0.493 e. The van der Waals surface area contributed by atoms with Gasteiger partial charge >= 0.3 is 0 Å². The van der Waals surface area contributed by atoms with Crippen molar-refractivity contribution in [2.24, 2.45) is 5.92 Å². The number of nitrogens with one attached hydrogen (secondary N) is 2. The molecule has 0 radical (unpaired) electrons. The molecule has 9 nitrogen and oxygen atoms in total. The second kappa shape index (κ2) is 11.6. The van der Waals surface area contributed by atoms with Gasteiger partial charge in [-0.05, 0) is 43.0 Å². The average Bonchev–Trinajstić information content (AvgIpc) is 3.78. The summed E-state index contributed by atoms with van der Waals surface area (Å²) >= 11 is 3.09. The molecule has 0 aliphatic carbocycles. The Balaban J connectivity index is 1.40. The van der Waals surface area contributed by atoms with Gasteiger partial charge in [-0.25, -0.2) is 14.4 Å². The highest BCUT2D eigenvalue weighted by atomic mass is 32.1. The summed E-state index contributed by atoms with van der Waals surface area (Å²) in [6, 6.07) is 6.61. The number of hydrogen-bond acceptors (Lipinski definition) is 8. The van der Waals surface area contributed by atoms with E-state index < -0.39 is 5.82 Å². The van der Waals surface area contributed by atoms with Crippen LogP contribution < -0.4 is 10.1 Å². The lowest BCUT2D eigenvalue weighted by Gasteiger charge is -2.24. The number of aryl methyl sites for hydroxylation is 1. The molecule has 2 N–H and O–H groups in total. The molecule has 12 heteroatoms. The number of thiazole rings is 1. The van der Waals surface area contributed by atoms with E-state index in [0.717, 1.165) is 54.6 Å². The number of thiophene rings is 1. The van der Waals surface area contributed by atoms with Crippen LogP contribution in [0, 0.1) is 18.7 Å². The van der Waals surface area contributed by atoms with Crippen LogP contribution in [0.1, 0.15) is 29.1 Å². The SMILES string of the molecule is C=CC(=O)N1CCc2nc(-c3nc(-c4cn[nH]c4C)c4ccsc4c3-c3ccc(F)cc3OCC3CCNC(=O)C3)sc2C1. The van der Waals surface area contributed by atoms with Gasteiger partial charge in [-0.15, -0.1) is 22.7 Å². The van der Waals surface area contributed by atoms with Crippen LogP contribution in [0.3, 0.4) is 0 Å². The van der Waals surface area contributed by atoms with Crippen molar-refractivity contribution in [2.75, 3.05) is 19.7 Å². The molecule has 7 rings (SSSR count). The molecule has 1 aromatic carbocycles. The molecule has 2 aliphatic heterocycles. The van der Waals surface area contributed by atoms with Crippen molar-refractivity contribution >= 4 is 44.6 Å². The summed E-state index contributed by atoms with van der Waals surface area (Å²) in [7, 11) is 0. The minimum Gasteiger partial charge on any atom is -0.493 e. The molecular formula is C32H29FN6O3S2. The number of nitrogens with zero attached hydrogens (tertiary/aromatic N) is 4. The number of piperidine rings is 1. The second-order valence-corrected chi connectivity index (χ2v) is 13.0. The highest BCUT2D eigenvalue weighted by molar-refractivity contribution is 7.18. The van der Waals surface area contributed by atoms with Crippen molar-refractivity contribution in [3.8, 4) is 38.8 Å². The van der Waals surface area contributed by atoms with Gasteiger partial charge in [0.2, 0.25) is 11.8 Å². The number of halogens is 1. The fourth-order valence-corrected chi connectivity index (χ4v) is 7.94. The maximum absolute atomic E-state index is 14.7. The van der Waals surface area contributed by atoms with Crippen LogP contribution in [0.4, 0.5) is 4.39 Å². The lowest BCUT2D eigenvalue weighted by atomic mass is 9.97. The molecule has 0 bridgehead atoms. The van der Waals surface area contributed by atoms with Gasteiger partial charge in [0.15, 0.2) is 0 Å². The van der Waals surface area contributed by atoms with E-state index in [1.807, 2.05) is 18.4 Å². The van der Waals surface area contributed by atoms with Crippen molar-refractivity contribution in [1.82, 2.24) is 30.4 Å². The summed E-state index contributed by atoms with van der Waals surface area (Å²) in [6.45, 7) is 7.53. The third-order valence-corrected chi connectivity index (χ3v) is 10.2. The Bertz CT molecular complexity index is 1930. The Kier molecular flexibility index (Phi) is 7.47. The molecule has 4 aromatic heterocycles. The zero-order valence-electron chi connectivity index (χ0n) is 24.0. The van der Waals surface area contributed by atoms with Gasteiger partial charge < -0.3 is 15.0 Å². The van der Waals surface area contributed by atoms with Crippen molar-refractivity contribution in [3.05, 3.63) is 70.6 Å². The number of carbonyl (C=O) groups excluding carboxylic acids is 2. The van der Waals surface area contributed by atoms with E-state index in [9.17, 15) is 14.0 Å². The van der Waals surface area contributed by atoms with E-state index in [4.69, 9.17) is 14.7 Å². The van der Waals surface area contributed by atoms with Gasteiger partial charge in [-0.2, -0.15) is 5.10 Å². The number of aromatic amines is 1. The Labute approximate surface area is 260 Å². The Morgan fingerprint density at radius 2 is 2.14 bits per heavy atom. The van der Waals surface area contributed by atoms with E-state index in [1.54, 1.807) is 28.5 Å². The van der Waals surface area contributed by atoms with E-state index in [0.29, 0.717) is 56.1 Å². The summed E-state index contributed by atoms with van der Waals surface area (Å²) < 4.78 is 22.0. The number of aromatic nitrogens is 4. The lowest BCUT2D eigenvalue weighted by molar-refractivity contribution is -0.127. The van der Waals surface area contributed by atoms with Crippen molar-refractivity contribution < 1.29 is 18.7 Å². The first kappa shape index (κ1) is 28.4. The molecule has 0 saturated carbocycles. The molecule has 224 valence electrons. The minimum absolute atomic E-state index is 0.00215. The Morgan fingerprint density at radius 1 is 1.25 bits per heavy atom.